The van der Waals surface area contributed by atoms with Gasteiger partial charge in [0.25, 0.3) is 5.91 Å². The number of hydrogen-bond donors (Lipinski definition) is 1. The molecule has 0 spiro atoms. The fourth-order valence-corrected chi connectivity index (χ4v) is 2.81. The molecule has 0 fully saturated rings. The third-order valence-corrected chi connectivity index (χ3v) is 4.03. The molecule has 6 nitrogen and oxygen atoms in total. The van der Waals surface area contributed by atoms with E-state index in [1.54, 1.807) is 18.2 Å². The third-order valence-electron chi connectivity index (χ3n) is 4.03. The summed E-state index contributed by atoms with van der Waals surface area (Å²) < 4.78 is 10.0. The Bertz CT molecular complexity index is 736. The van der Waals surface area contributed by atoms with Crippen molar-refractivity contribution in [2.45, 2.75) is 32.2 Å². The molecule has 1 aromatic carbocycles. The van der Waals surface area contributed by atoms with Crippen LogP contribution in [-0.4, -0.2) is 24.1 Å². The molecule has 0 aliphatic heterocycles. The van der Waals surface area contributed by atoms with Crippen molar-refractivity contribution in [1.29, 1.82) is 0 Å². The van der Waals surface area contributed by atoms with E-state index in [1.165, 1.54) is 7.11 Å². The fourth-order valence-electron chi connectivity index (χ4n) is 2.81. The minimum atomic E-state index is -0.423. The van der Waals surface area contributed by atoms with Gasteiger partial charge in [0, 0.05) is 18.5 Å². The highest BCUT2D eigenvalue weighted by atomic mass is 16.5. The van der Waals surface area contributed by atoms with Crippen molar-refractivity contribution in [2.75, 3.05) is 7.11 Å². The van der Waals surface area contributed by atoms with E-state index in [1.807, 2.05) is 6.07 Å². The Balaban J connectivity index is 1.73. The summed E-state index contributed by atoms with van der Waals surface area (Å²) in [6, 6.07) is 7.02. The molecule has 6 heteroatoms. The summed E-state index contributed by atoms with van der Waals surface area (Å²) in [6.45, 7) is 0.228. The Labute approximate surface area is 133 Å². The van der Waals surface area contributed by atoms with Gasteiger partial charge < -0.3 is 14.6 Å². The molecule has 1 heterocycles. The van der Waals surface area contributed by atoms with Crippen molar-refractivity contribution in [3.05, 3.63) is 52.4 Å². The van der Waals surface area contributed by atoms with Crippen LogP contribution in [0.1, 0.15) is 50.6 Å². The SMILES string of the molecule is COC(=O)c1ccccc1CNC(=O)c1noc2c1CCCC2. The van der Waals surface area contributed by atoms with Crippen LogP contribution in [0.15, 0.2) is 28.8 Å². The average Bonchev–Trinajstić information content (AvgIpc) is 3.03. The van der Waals surface area contributed by atoms with Crippen LogP contribution in [0.3, 0.4) is 0 Å². The van der Waals surface area contributed by atoms with Gasteiger partial charge in [-0.2, -0.15) is 0 Å². The number of aryl methyl sites for hydroxylation is 1. The van der Waals surface area contributed by atoms with Crippen molar-refractivity contribution in [1.82, 2.24) is 10.5 Å². The van der Waals surface area contributed by atoms with E-state index >= 15 is 0 Å². The molecular formula is C17H18N2O4. The number of carbonyl (C=O) groups is 2. The van der Waals surface area contributed by atoms with E-state index in [4.69, 9.17) is 9.26 Å². The number of esters is 1. The van der Waals surface area contributed by atoms with Crippen molar-refractivity contribution in [2.24, 2.45) is 0 Å². The second-order valence-corrected chi connectivity index (χ2v) is 5.47. The number of ether oxygens (including phenoxy) is 1. The fraction of sp³-hybridized carbons (Fsp3) is 0.353. The molecule has 0 unspecified atom stereocenters. The molecule has 0 radical (unpaired) electrons. The highest BCUT2D eigenvalue weighted by Gasteiger charge is 2.24. The number of carbonyl (C=O) groups excluding carboxylic acids is 2. The Morgan fingerprint density at radius 3 is 2.87 bits per heavy atom. The first kappa shape index (κ1) is 15.3. The van der Waals surface area contributed by atoms with Gasteiger partial charge in [-0.1, -0.05) is 23.4 Å². The summed E-state index contributed by atoms with van der Waals surface area (Å²) in [7, 11) is 1.33. The molecule has 0 saturated heterocycles. The predicted octanol–water partition coefficient (Wildman–Crippen LogP) is 2.27. The van der Waals surface area contributed by atoms with E-state index < -0.39 is 5.97 Å². The monoisotopic (exact) mass is 314 g/mol. The molecule has 1 aliphatic rings. The number of amides is 1. The van der Waals surface area contributed by atoms with Crippen LogP contribution in [0, 0.1) is 0 Å². The van der Waals surface area contributed by atoms with Gasteiger partial charge in [-0.3, -0.25) is 4.79 Å². The Hall–Kier alpha value is -2.63. The van der Waals surface area contributed by atoms with Crippen molar-refractivity contribution in [3.8, 4) is 0 Å². The van der Waals surface area contributed by atoms with Crippen LogP contribution >= 0.6 is 0 Å². The Morgan fingerprint density at radius 2 is 2.04 bits per heavy atom. The second kappa shape index (κ2) is 6.64. The van der Waals surface area contributed by atoms with Gasteiger partial charge in [0.05, 0.1) is 12.7 Å². The summed E-state index contributed by atoms with van der Waals surface area (Å²) in [5.74, 6) is 0.113. The smallest absolute Gasteiger partial charge is 0.338 e. The summed E-state index contributed by atoms with van der Waals surface area (Å²) in [4.78, 5) is 24.1. The zero-order valence-corrected chi connectivity index (χ0v) is 12.9. The van der Waals surface area contributed by atoms with E-state index in [2.05, 4.69) is 10.5 Å². The molecule has 0 saturated carbocycles. The van der Waals surface area contributed by atoms with Gasteiger partial charge >= 0.3 is 5.97 Å². The number of hydrogen-bond acceptors (Lipinski definition) is 5. The third kappa shape index (κ3) is 3.11. The largest absolute Gasteiger partial charge is 0.465 e. The van der Waals surface area contributed by atoms with E-state index in [0.717, 1.165) is 37.0 Å². The first-order chi connectivity index (χ1) is 11.2. The summed E-state index contributed by atoms with van der Waals surface area (Å²) in [5.41, 5.74) is 2.41. The number of methoxy groups -OCH3 is 1. The van der Waals surface area contributed by atoms with Crippen LogP contribution in [-0.2, 0) is 24.1 Å². The number of benzene rings is 1. The minimum Gasteiger partial charge on any atom is -0.465 e. The van der Waals surface area contributed by atoms with Gasteiger partial charge in [-0.05, 0) is 30.9 Å². The topological polar surface area (TPSA) is 81.4 Å². The van der Waals surface area contributed by atoms with E-state index in [-0.39, 0.29) is 12.5 Å². The zero-order chi connectivity index (χ0) is 16.2. The van der Waals surface area contributed by atoms with E-state index in [9.17, 15) is 9.59 Å². The molecule has 2 aromatic rings. The number of fused-ring (bicyclic) bond motifs is 1. The van der Waals surface area contributed by atoms with Crippen LogP contribution < -0.4 is 5.32 Å². The summed E-state index contributed by atoms with van der Waals surface area (Å²) in [5, 5.41) is 6.71. The predicted molar refractivity (Wildman–Crippen MR) is 82.1 cm³/mol. The molecule has 120 valence electrons. The van der Waals surface area contributed by atoms with Crippen LogP contribution in [0.25, 0.3) is 0 Å². The van der Waals surface area contributed by atoms with Gasteiger partial charge in [0.1, 0.15) is 5.76 Å². The maximum absolute atomic E-state index is 12.4. The molecule has 0 atom stereocenters. The lowest BCUT2D eigenvalue weighted by Gasteiger charge is -2.10. The highest BCUT2D eigenvalue weighted by Crippen LogP contribution is 2.24. The average molecular weight is 314 g/mol. The van der Waals surface area contributed by atoms with E-state index in [0.29, 0.717) is 16.8 Å². The maximum Gasteiger partial charge on any atom is 0.338 e. The lowest BCUT2D eigenvalue weighted by molar-refractivity contribution is 0.0598. The molecule has 3 rings (SSSR count). The second-order valence-electron chi connectivity index (χ2n) is 5.47. The Kier molecular flexibility index (Phi) is 4.41. The number of nitrogens with one attached hydrogen (secondary N) is 1. The summed E-state index contributed by atoms with van der Waals surface area (Å²) >= 11 is 0. The standard InChI is InChI=1S/C17H18N2O4/c1-22-17(21)12-7-3-2-6-11(12)10-18-16(20)15-13-8-4-5-9-14(13)23-19-15/h2-3,6-7H,4-5,8-10H2,1H3,(H,18,20). The molecule has 1 aromatic heterocycles. The molecule has 1 aliphatic carbocycles. The van der Waals surface area contributed by atoms with Crippen LogP contribution in [0.2, 0.25) is 0 Å². The highest BCUT2D eigenvalue weighted by molar-refractivity contribution is 5.94. The maximum atomic E-state index is 12.4. The van der Waals surface area contributed by atoms with Crippen LogP contribution in [0.5, 0.6) is 0 Å². The first-order valence-corrected chi connectivity index (χ1v) is 7.62. The van der Waals surface area contributed by atoms with Crippen LogP contribution in [0.4, 0.5) is 0 Å². The number of aromatic nitrogens is 1. The summed E-state index contributed by atoms with van der Waals surface area (Å²) in [6.07, 6.45) is 3.76. The van der Waals surface area contributed by atoms with Gasteiger partial charge in [-0.25, -0.2) is 4.79 Å². The van der Waals surface area contributed by atoms with Crippen molar-refractivity contribution >= 4 is 11.9 Å². The molecular weight excluding hydrogens is 296 g/mol. The number of rotatable bonds is 4. The molecule has 1 amide bonds. The minimum absolute atomic E-state index is 0.228. The molecule has 23 heavy (non-hydrogen) atoms. The number of nitrogens with zero attached hydrogens (tertiary/aromatic N) is 1. The van der Waals surface area contributed by atoms with Crippen molar-refractivity contribution in [3.63, 3.8) is 0 Å². The zero-order valence-electron chi connectivity index (χ0n) is 12.9. The molecule has 0 bridgehead atoms. The quantitative estimate of drug-likeness (QED) is 0.876. The van der Waals surface area contributed by atoms with Gasteiger partial charge in [0.15, 0.2) is 5.69 Å². The lowest BCUT2D eigenvalue weighted by Crippen LogP contribution is -2.25. The van der Waals surface area contributed by atoms with Gasteiger partial charge in [-0.15, -0.1) is 0 Å². The van der Waals surface area contributed by atoms with Gasteiger partial charge in [0.2, 0.25) is 0 Å². The first-order valence-electron chi connectivity index (χ1n) is 7.62. The van der Waals surface area contributed by atoms with Crippen molar-refractivity contribution < 1.29 is 18.8 Å². The normalized spacial score (nSPS) is 13.3. The molecule has 1 N–H and O–H groups in total. The Morgan fingerprint density at radius 1 is 1.26 bits per heavy atom. The lowest BCUT2D eigenvalue weighted by atomic mass is 9.96.